The minimum atomic E-state index is -0.255. The van der Waals surface area contributed by atoms with Gasteiger partial charge in [-0.25, -0.2) is 0 Å². The summed E-state index contributed by atoms with van der Waals surface area (Å²) in [6.45, 7) is 3.76. The third-order valence-electron chi connectivity index (χ3n) is 5.44. The van der Waals surface area contributed by atoms with Crippen molar-refractivity contribution in [2.75, 3.05) is 0 Å². The molecule has 0 N–H and O–H groups in total. The third kappa shape index (κ3) is 3.98. The van der Waals surface area contributed by atoms with E-state index in [1.807, 2.05) is 50.4 Å². The van der Waals surface area contributed by atoms with Crippen LogP contribution in [0.5, 0.6) is 0 Å². The van der Waals surface area contributed by atoms with Gasteiger partial charge in [-0.1, -0.05) is 53.5 Å². The van der Waals surface area contributed by atoms with Crippen LogP contribution in [-0.4, -0.2) is 11.9 Å². The van der Waals surface area contributed by atoms with Crippen molar-refractivity contribution < 1.29 is 4.65 Å². The van der Waals surface area contributed by atoms with Crippen LogP contribution in [-0.2, 0) is 11.1 Å². The Bertz CT molecular complexity index is 956. The third-order valence-corrected chi connectivity index (χ3v) is 6.26. The molecule has 4 rings (SSSR count). The minimum absolute atomic E-state index is 0.0462. The first-order valence-electron chi connectivity index (χ1n) is 9.64. The molecule has 2 nitrogen and oxygen atoms in total. The summed E-state index contributed by atoms with van der Waals surface area (Å²) >= 11 is 12.9. The standard InChI is InChI=1S/C23H22BCl2NO/c1-15-8-10-18(13-20(15)25)24(19-11-9-16(2)21(26)14-19)28-22-7-3-5-17-6-4-12-27-23(17)22/h4,6,8-14,22H,3,5,7H2,1-2H3. The minimum Gasteiger partial charge on any atom is -0.418 e. The maximum atomic E-state index is 6.70. The van der Waals surface area contributed by atoms with Crippen LogP contribution in [0.4, 0.5) is 0 Å². The number of hydrogen-bond acceptors (Lipinski definition) is 2. The molecule has 1 atom stereocenters. The highest BCUT2D eigenvalue weighted by Crippen LogP contribution is 2.31. The molecule has 3 aromatic rings. The van der Waals surface area contributed by atoms with Gasteiger partial charge in [-0.3, -0.25) is 4.98 Å². The average molecular weight is 410 g/mol. The lowest BCUT2D eigenvalue weighted by Crippen LogP contribution is -2.46. The van der Waals surface area contributed by atoms with E-state index in [1.165, 1.54) is 5.56 Å². The summed E-state index contributed by atoms with van der Waals surface area (Å²) in [5, 5.41) is 1.48. The van der Waals surface area contributed by atoms with E-state index >= 15 is 0 Å². The SMILES string of the molecule is Cc1ccc(B(OC2CCCc3cccnc32)c2ccc(C)c(Cl)c2)cc1Cl. The Morgan fingerprint density at radius 1 is 0.964 bits per heavy atom. The molecule has 2 aromatic carbocycles. The molecule has 0 aliphatic heterocycles. The Kier molecular flexibility index (Phi) is 5.77. The quantitative estimate of drug-likeness (QED) is 0.552. The van der Waals surface area contributed by atoms with Crippen LogP contribution in [0.15, 0.2) is 54.7 Å². The van der Waals surface area contributed by atoms with E-state index in [4.69, 9.17) is 27.9 Å². The molecule has 1 unspecified atom stereocenters. The van der Waals surface area contributed by atoms with Gasteiger partial charge in [0.1, 0.15) is 0 Å². The van der Waals surface area contributed by atoms with Crippen molar-refractivity contribution >= 4 is 41.0 Å². The van der Waals surface area contributed by atoms with Crippen LogP contribution in [0.25, 0.3) is 0 Å². The van der Waals surface area contributed by atoms with E-state index < -0.39 is 0 Å². The maximum absolute atomic E-state index is 6.70. The van der Waals surface area contributed by atoms with Crippen LogP contribution in [0, 0.1) is 13.8 Å². The zero-order valence-corrected chi connectivity index (χ0v) is 17.6. The first-order chi connectivity index (χ1) is 13.5. The van der Waals surface area contributed by atoms with Gasteiger partial charge in [0, 0.05) is 16.2 Å². The fourth-order valence-electron chi connectivity index (χ4n) is 3.76. The van der Waals surface area contributed by atoms with E-state index in [9.17, 15) is 0 Å². The van der Waals surface area contributed by atoms with Crippen molar-refractivity contribution in [3.05, 3.63) is 87.2 Å². The molecule has 0 spiro atoms. The first-order valence-corrected chi connectivity index (χ1v) is 10.4. The van der Waals surface area contributed by atoms with Gasteiger partial charge in [-0.2, -0.15) is 0 Å². The van der Waals surface area contributed by atoms with E-state index in [-0.39, 0.29) is 13.0 Å². The predicted octanol–water partition coefficient (Wildman–Crippen LogP) is 5.21. The van der Waals surface area contributed by atoms with E-state index in [0.29, 0.717) is 0 Å². The largest absolute Gasteiger partial charge is 0.418 e. The number of hydrogen-bond donors (Lipinski definition) is 0. The van der Waals surface area contributed by atoms with E-state index in [2.05, 4.69) is 23.2 Å². The van der Waals surface area contributed by atoms with Crippen molar-refractivity contribution in [3.63, 3.8) is 0 Å². The van der Waals surface area contributed by atoms with Crippen LogP contribution < -0.4 is 10.9 Å². The number of rotatable bonds is 4. The second kappa shape index (κ2) is 8.28. The Labute approximate surface area is 177 Å². The van der Waals surface area contributed by atoms with Gasteiger partial charge in [-0.05, 0) is 78.9 Å². The molecule has 1 aliphatic rings. The summed E-state index contributed by atoms with van der Waals surface area (Å²) in [6.07, 6.45) is 4.91. The zero-order valence-electron chi connectivity index (χ0n) is 16.1. The molecule has 5 heteroatoms. The summed E-state index contributed by atoms with van der Waals surface area (Å²) in [7, 11) is 0. The highest BCUT2D eigenvalue weighted by Gasteiger charge is 2.30. The van der Waals surface area contributed by atoms with Crippen molar-refractivity contribution in [2.45, 2.75) is 39.2 Å². The first kappa shape index (κ1) is 19.5. The second-order valence-corrected chi connectivity index (χ2v) is 8.28. The Hall–Kier alpha value is -1.81. The summed E-state index contributed by atoms with van der Waals surface area (Å²) in [5.41, 5.74) is 6.49. The molecule has 1 aromatic heterocycles. The van der Waals surface area contributed by atoms with Crippen LogP contribution in [0.3, 0.4) is 0 Å². The average Bonchev–Trinajstić information content (AvgIpc) is 2.70. The fourth-order valence-corrected chi connectivity index (χ4v) is 4.14. The van der Waals surface area contributed by atoms with E-state index in [1.54, 1.807) is 0 Å². The number of aryl methyl sites for hydroxylation is 3. The van der Waals surface area contributed by atoms with Gasteiger partial charge in [-0.15, -0.1) is 0 Å². The normalized spacial score (nSPS) is 15.9. The maximum Gasteiger partial charge on any atom is 0.362 e. The fraction of sp³-hybridized carbons (Fsp3) is 0.261. The van der Waals surface area contributed by atoms with E-state index in [0.717, 1.165) is 57.1 Å². The molecule has 0 amide bonds. The molecule has 0 saturated heterocycles. The summed E-state index contributed by atoms with van der Waals surface area (Å²) < 4.78 is 6.70. The summed E-state index contributed by atoms with van der Waals surface area (Å²) in [6, 6.07) is 16.4. The lowest BCUT2D eigenvalue weighted by atomic mass is 9.55. The second-order valence-electron chi connectivity index (χ2n) is 7.46. The van der Waals surface area contributed by atoms with Crippen molar-refractivity contribution in [1.82, 2.24) is 4.98 Å². The number of aromatic nitrogens is 1. The molecular formula is C23H22BCl2NO. The zero-order chi connectivity index (χ0) is 19.7. The summed E-state index contributed by atoms with van der Waals surface area (Å²) in [5.74, 6) is 0. The number of benzene rings is 2. The molecule has 0 saturated carbocycles. The number of pyridine rings is 1. The van der Waals surface area contributed by atoms with Crippen molar-refractivity contribution in [1.29, 1.82) is 0 Å². The lowest BCUT2D eigenvalue weighted by molar-refractivity contribution is 0.185. The topological polar surface area (TPSA) is 22.1 Å². The van der Waals surface area contributed by atoms with Gasteiger partial charge >= 0.3 is 6.92 Å². The van der Waals surface area contributed by atoms with Crippen LogP contribution in [0.1, 0.15) is 41.3 Å². The van der Waals surface area contributed by atoms with Crippen molar-refractivity contribution in [3.8, 4) is 0 Å². The highest BCUT2D eigenvalue weighted by molar-refractivity contribution is 6.80. The van der Waals surface area contributed by atoms with Gasteiger partial charge in [0.25, 0.3) is 0 Å². The van der Waals surface area contributed by atoms with Gasteiger partial charge < -0.3 is 4.65 Å². The molecule has 1 aliphatic carbocycles. The molecule has 0 bridgehead atoms. The van der Waals surface area contributed by atoms with Crippen LogP contribution >= 0.6 is 23.2 Å². The van der Waals surface area contributed by atoms with Crippen molar-refractivity contribution in [2.24, 2.45) is 0 Å². The Morgan fingerprint density at radius 2 is 1.61 bits per heavy atom. The molecule has 1 heterocycles. The molecule has 0 fully saturated rings. The highest BCUT2D eigenvalue weighted by atomic mass is 35.5. The number of nitrogens with zero attached hydrogens (tertiary/aromatic N) is 1. The Morgan fingerprint density at radius 3 is 2.21 bits per heavy atom. The van der Waals surface area contributed by atoms with Gasteiger partial charge in [0.05, 0.1) is 11.8 Å². The Balaban J connectivity index is 1.75. The summed E-state index contributed by atoms with van der Waals surface area (Å²) in [4.78, 5) is 4.63. The van der Waals surface area contributed by atoms with Gasteiger partial charge in [0.2, 0.25) is 0 Å². The smallest absolute Gasteiger partial charge is 0.362 e. The number of halogens is 2. The molecular weight excluding hydrogens is 388 g/mol. The lowest BCUT2D eigenvalue weighted by Gasteiger charge is -2.28. The number of fused-ring (bicyclic) bond motifs is 1. The van der Waals surface area contributed by atoms with Gasteiger partial charge in [0.15, 0.2) is 0 Å². The molecule has 0 radical (unpaired) electrons. The molecule has 28 heavy (non-hydrogen) atoms. The predicted molar refractivity (Wildman–Crippen MR) is 118 cm³/mol. The monoisotopic (exact) mass is 409 g/mol. The molecule has 142 valence electrons. The van der Waals surface area contributed by atoms with Crippen LogP contribution in [0.2, 0.25) is 10.0 Å².